The SMILES string of the molecule is COc1ccc(C2(c3ccccc3)C=Cc3cccc(OC(=O)c4ccccc4)c3C2)cc1. The number of carbonyl (C=O) groups is 1. The Morgan fingerprint density at radius 2 is 1.42 bits per heavy atom. The Labute approximate surface area is 193 Å². The minimum absolute atomic E-state index is 0.353. The zero-order valence-corrected chi connectivity index (χ0v) is 18.4. The standard InChI is InChI=1S/C30H24O3/c1-32-26-17-15-25(16-18-26)30(24-12-6-3-7-13-24)20-19-22-11-8-14-28(27(22)21-30)33-29(31)23-9-4-2-5-10-23/h2-20H,21H2,1H3. The minimum Gasteiger partial charge on any atom is -0.497 e. The highest BCUT2D eigenvalue weighted by Crippen LogP contribution is 2.44. The van der Waals surface area contributed by atoms with Crippen LogP contribution in [0.25, 0.3) is 6.08 Å². The van der Waals surface area contributed by atoms with Gasteiger partial charge in [-0.1, -0.05) is 84.9 Å². The second-order valence-electron chi connectivity index (χ2n) is 8.16. The van der Waals surface area contributed by atoms with Gasteiger partial charge in [0.2, 0.25) is 0 Å². The molecule has 1 aliphatic carbocycles. The Balaban J connectivity index is 1.59. The van der Waals surface area contributed by atoms with Crippen LogP contribution in [0.15, 0.2) is 109 Å². The summed E-state index contributed by atoms with van der Waals surface area (Å²) in [6.07, 6.45) is 5.07. The third kappa shape index (κ3) is 3.94. The Bertz CT molecular complexity index is 1290. The molecule has 0 bridgehead atoms. The van der Waals surface area contributed by atoms with Crippen molar-refractivity contribution in [1.29, 1.82) is 0 Å². The molecule has 0 saturated carbocycles. The predicted octanol–water partition coefficient (Wildman–Crippen LogP) is 6.47. The minimum atomic E-state index is -0.393. The van der Waals surface area contributed by atoms with Gasteiger partial charge in [-0.25, -0.2) is 4.79 Å². The number of fused-ring (bicyclic) bond motifs is 1. The Hall–Kier alpha value is -4.11. The quantitative estimate of drug-likeness (QED) is 0.268. The Morgan fingerprint density at radius 3 is 2.12 bits per heavy atom. The molecule has 0 N–H and O–H groups in total. The maximum absolute atomic E-state index is 12.8. The molecule has 33 heavy (non-hydrogen) atoms. The molecule has 0 spiro atoms. The van der Waals surface area contributed by atoms with Gasteiger partial charge < -0.3 is 9.47 Å². The van der Waals surface area contributed by atoms with E-state index in [0.717, 1.165) is 22.4 Å². The van der Waals surface area contributed by atoms with Gasteiger partial charge in [-0.15, -0.1) is 0 Å². The predicted molar refractivity (Wildman–Crippen MR) is 131 cm³/mol. The molecule has 4 aromatic carbocycles. The highest BCUT2D eigenvalue weighted by molar-refractivity contribution is 5.91. The van der Waals surface area contributed by atoms with E-state index in [-0.39, 0.29) is 5.97 Å². The molecule has 3 nitrogen and oxygen atoms in total. The number of allylic oxidation sites excluding steroid dienone is 1. The third-order valence-corrected chi connectivity index (χ3v) is 6.28. The van der Waals surface area contributed by atoms with Crippen molar-refractivity contribution in [1.82, 2.24) is 0 Å². The van der Waals surface area contributed by atoms with Gasteiger partial charge in [-0.3, -0.25) is 0 Å². The normalized spacial score (nSPS) is 16.6. The summed E-state index contributed by atoms with van der Waals surface area (Å²) in [5, 5.41) is 0. The smallest absolute Gasteiger partial charge is 0.343 e. The Morgan fingerprint density at radius 1 is 0.758 bits per heavy atom. The van der Waals surface area contributed by atoms with Crippen molar-refractivity contribution in [3.63, 3.8) is 0 Å². The van der Waals surface area contributed by atoms with Crippen molar-refractivity contribution < 1.29 is 14.3 Å². The lowest BCUT2D eigenvalue weighted by Crippen LogP contribution is -2.31. The van der Waals surface area contributed by atoms with Crippen molar-refractivity contribution in [2.45, 2.75) is 11.8 Å². The molecule has 0 aliphatic heterocycles. The molecule has 162 valence electrons. The summed E-state index contributed by atoms with van der Waals surface area (Å²) in [4.78, 5) is 12.8. The van der Waals surface area contributed by atoms with Crippen LogP contribution < -0.4 is 9.47 Å². The van der Waals surface area contributed by atoms with E-state index < -0.39 is 5.41 Å². The highest BCUT2D eigenvalue weighted by Gasteiger charge is 2.36. The summed E-state index contributed by atoms with van der Waals surface area (Å²) in [6.45, 7) is 0. The number of benzene rings is 4. The highest BCUT2D eigenvalue weighted by atomic mass is 16.5. The first-order valence-corrected chi connectivity index (χ1v) is 11.0. The van der Waals surface area contributed by atoms with E-state index in [1.807, 2.05) is 48.5 Å². The summed E-state index contributed by atoms with van der Waals surface area (Å²) in [6, 6.07) is 33.6. The van der Waals surface area contributed by atoms with Crippen molar-refractivity contribution in [2.75, 3.05) is 7.11 Å². The topological polar surface area (TPSA) is 35.5 Å². The van der Waals surface area contributed by atoms with Crippen molar-refractivity contribution in [2.24, 2.45) is 0 Å². The zero-order chi connectivity index (χ0) is 22.7. The lowest BCUT2D eigenvalue weighted by molar-refractivity contribution is 0.0732. The number of methoxy groups -OCH3 is 1. The van der Waals surface area contributed by atoms with Crippen LogP contribution in [0.5, 0.6) is 11.5 Å². The molecule has 0 aromatic heterocycles. The molecule has 0 heterocycles. The van der Waals surface area contributed by atoms with Crippen molar-refractivity contribution >= 4 is 12.0 Å². The van der Waals surface area contributed by atoms with Crippen LogP contribution in [-0.4, -0.2) is 13.1 Å². The number of rotatable bonds is 5. The average molecular weight is 433 g/mol. The van der Waals surface area contributed by atoms with Crippen LogP contribution in [0.2, 0.25) is 0 Å². The van der Waals surface area contributed by atoms with Crippen LogP contribution in [-0.2, 0) is 11.8 Å². The molecular formula is C30H24O3. The molecule has 0 radical (unpaired) electrons. The first-order chi connectivity index (χ1) is 16.2. The first-order valence-electron chi connectivity index (χ1n) is 11.0. The fourth-order valence-electron chi connectivity index (χ4n) is 4.51. The average Bonchev–Trinajstić information content (AvgIpc) is 2.89. The van der Waals surface area contributed by atoms with Gasteiger partial charge in [0.05, 0.1) is 12.7 Å². The number of hydrogen-bond donors (Lipinski definition) is 0. The van der Waals surface area contributed by atoms with Gasteiger partial charge in [-0.05, 0) is 53.4 Å². The van der Waals surface area contributed by atoms with Crippen LogP contribution in [0.1, 0.15) is 32.6 Å². The molecule has 1 atom stereocenters. The molecule has 1 unspecified atom stereocenters. The summed E-state index contributed by atoms with van der Waals surface area (Å²) in [7, 11) is 1.67. The molecule has 4 aromatic rings. The van der Waals surface area contributed by atoms with Gasteiger partial charge in [0.25, 0.3) is 0 Å². The van der Waals surface area contributed by atoms with Crippen LogP contribution >= 0.6 is 0 Å². The fourth-order valence-corrected chi connectivity index (χ4v) is 4.51. The van der Waals surface area contributed by atoms with Gasteiger partial charge in [0.1, 0.15) is 11.5 Å². The summed E-state index contributed by atoms with van der Waals surface area (Å²) in [5.41, 5.74) is 4.56. The van der Waals surface area contributed by atoms with Gasteiger partial charge in [0.15, 0.2) is 0 Å². The monoisotopic (exact) mass is 432 g/mol. The number of ether oxygens (including phenoxy) is 2. The molecule has 0 amide bonds. The van der Waals surface area contributed by atoms with Crippen molar-refractivity contribution in [3.8, 4) is 11.5 Å². The third-order valence-electron chi connectivity index (χ3n) is 6.28. The van der Waals surface area contributed by atoms with E-state index in [0.29, 0.717) is 17.7 Å². The fraction of sp³-hybridized carbons (Fsp3) is 0.100. The second kappa shape index (κ2) is 8.79. The van der Waals surface area contributed by atoms with E-state index >= 15 is 0 Å². The number of esters is 1. The first kappa shape index (κ1) is 20.8. The van der Waals surface area contributed by atoms with E-state index in [1.54, 1.807) is 19.2 Å². The maximum atomic E-state index is 12.8. The summed E-state index contributed by atoms with van der Waals surface area (Å²) >= 11 is 0. The molecular weight excluding hydrogens is 408 g/mol. The molecule has 5 rings (SSSR count). The lowest BCUT2D eigenvalue weighted by Gasteiger charge is -2.36. The Kier molecular flexibility index (Phi) is 5.54. The van der Waals surface area contributed by atoms with Gasteiger partial charge in [0, 0.05) is 11.0 Å². The van der Waals surface area contributed by atoms with Gasteiger partial charge in [-0.2, -0.15) is 0 Å². The molecule has 0 saturated heterocycles. The lowest BCUT2D eigenvalue weighted by atomic mass is 9.67. The van der Waals surface area contributed by atoms with E-state index in [2.05, 4.69) is 54.6 Å². The van der Waals surface area contributed by atoms with E-state index in [4.69, 9.17) is 9.47 Å². The summed E-state index contributed by atoms with van der Waals surface area (Å²) in [5.74, 6) is 1.06. The summed E-state index contributed by atoms with van der Waals surface area (Å²) < 4.78 is 11.3. The van der Waals surface area contributed by atoms with Crippen LogP contribution in [0.4, 0.5) is 0 Å². The van der Waals surface area contributed by atoms with Gasteiger partial charge >= 0.3 is 5.97 Å². The second-order valence-corrected chi connectivity index (χ2v) is 8.16. The largest absolute Gasteiger partial charge is 0.497 e. The van der Waals surface area contributed by atoms with E-state index in [9.17, 15) is 4.79 Å². The zero-order valence-electron chi connectivity index (χ0n) is 18.4. The van der Waals surface area contributed by atoms with Crippen LogP contribution in [0, 0.1) is 0 Å². The molecule has 0 fully saturated rings. The van der Waals surface area contributed by atoms with E-state index in [1.165, 1.54) is 5.56 Å². The number of hydrogen-bond acceptors (Lipinski definition) is 3. The molecule has 1 aliphatic rings. The number of carbonyl (C=O) groups excluding carboxylic acids is 1. The maximum Gasteiger partial charge on any atom is 0.343 e. The molecule has 3 heteroatoms. The van der Waals surface area contributed by atoms with Crippen LogP contribution in [0.3, 0.4) is 0 Å². The van der Waals surface area contributed by atoms with Crippen molar-refractivity contribution in [3.05, 3.63) is 137 Å².